The van der Waals surface area contributed by atoms with Crippen LogP contribution in [0.25, 0.3) is 28.0 Å². The fourth-order valence-electron chi connectivity index (χ4n) is 6.01. The van der Waals surface area contributed by atoms with Gasteiger partial charge >= 0.3 is 11.8 Å². The van der Waals surface area contributed by atoms with Gasteiger partial charge in [0.2, 0.25) is 0 Å². The summed E-state index contributed by atoms with van der Waals surface area (Å²) >= 11 is 6.88. The van der Waals surface area contributed by atoms with Crippen LogP contribution in [0, 0.1) is 19.7 Å². The average Bonchev–Trinajstić information content (AvgIpc) is 2.93. The molecular weight excluding hydrogens is 595 g/mol. The van der Waals surface area contributed by atoms with E-state index in [-0.39, 0.29) is 39.9 Å². The molecule has 5 rings (SSSR count). The molecule has 0 radical (unpaired) electrons. The predicted molar refractivity (Wildman–Crippen MR) is 176 cm³/mol. The van der Waals surface area contributed by atoms with Crippen molar-refractivity contribution in [3.05, 3.63) is 74.7 Å². The Bertz CT molecular complexity index is 1840. The SMILES string of the molecule is Cc1ccc(F)c(-c2nc3c(cc2Cl)c(N2[C@H](C)CN(C(=O)OC(C)(C)C)C[C@@H]2C)nc(=O)n3-c2c(C)ccnc2C(C)C)c1. The van der Waals surface area contributed by atoms with Crippen molar-refractivity contribution in [2.24, 2.45) is 0 Å². The number of piperazine rings is 1. The number of anilines is 1. The van der Waals surface area contributed by atoms with E-state index in [1.165, 1.54) is 10.6 Å². The molecule has 1 aliphatic rings. The molecule has 1 saturated heterocycles. The molecule has 1 aliphatic heterocycles. The number of ether oxygens (including phenoxy) is 1. The number of amides is 1. The summed E-state index contributed by atoms with van der Waals surface area (Å²) in [6.07, 6.45) is 1.33. The smallest absolute Gasteiger partial charge is 0.410 e. The molecule has 1 aromatic carbocycles. The quantitative estimate of drug-likeness (QED) is 0.234. The molecule has 0 N–H and O–H groups in total. The molecular formula is C34H40ClFN6O3. The van der Waals surface area contributed by atoms with Crippen LogP contribution in [-0.2, 0) is 4.74 Å². The monoisotopic (exact) mass is 634 g/mol. The van der Waals surface area contributed by atoms with Gasteiger partial charge in [-0.15, -0.1) is 0 Å². The van der Waals surface area contributed by atoms with E-state index in [1.54, 1.807) is 29.3 Å². The summed E-state index contributed by atoms with van der Waals surface area (Å²) in [6, 6.07) is 7.84. The molecule has 11 heteroatoms. The third kappa shape index (κ3) is 6.25. The summed E-state index contributed by atoms with van der Waals surface area (Å²) in [6.45, 7) is 18.0. The van der Waals surface area contributed by atoms with Gasteiger partial charge in [0.1, 0.15) is 17.2 Å². The second kappa shape index (κ2) is 12.0. The van der Waals surface area contributed by atoms with Crippen molar-refractivity contribution in [2.75, 3.05) is 18.0 Å². The molecule has 0 saturated carbocycles. The zero-order chi connectivity index (χ0) is 33.0. The highest BCUT2D eigenvalue weighted by Crippen LogP contribution is 2.37. The Kier molecular flexibility index (Phi) is 8.65. The van der Waals surface area contributed by atoms with Crippen molar-refractivity contribution in [3.8, 4) is 16.9 Å². The van der Waals surface area contributed by atoms with E-state index in [0.29, 0.717) is 35.7 Å². The molecule has 0 spiro atoms. The lowest BCUT2D eigenvalue weighted by Crippen LogP contribution is -2.59. The molecule has 45 heavy (non-hydrogen) atoms. The van der Waals surface area contributed by atoms with Crippen molar-refractivity contribution in [2.45, 2.75) is 85.9 Å². The molecule has 1 amide bonds. The van der Waals surface area contributed by atoms with Gasteiger partial charge in [0.05, 0.1) is 27.5 Å². The van der Waals surface area contributed by atoms with Crippen molar-refractivity contribution >= 4 is 34.5 Å². The summed E-state index contributed by atoms with van der Waals surface area (Å²) in [7, 11) is 0. The third-order valence-electron chi connectivity index (χ3n) is 7.92. The highest BCUT2D eigenvalue weighted by molar-refractivity contribution is 6.33. The minimum absolute atomic E-state index is 0.0107. The second-order valence-electron chi connectivity index (χ2n) is 13.2. The van der Waals surface area contributed by atoms with E-state index in [0.717, 1.165) is 11.1 Å². The van der Waals surface area contributed by atoms with Gasteiger partial charge in [0, 0.05) is 36.9 Å². The maximum atomic E-state index is 15.2. The lowest BCUT2D eigenvalue weighted by atomic mass is 10.0. The van der Waals surface area contributed by atoms with E-state index in [1.807, 2.05) is 73.3 Å². The topological polar surface area (TPSA) is 93.5 Å². The predicted octanol–water partition coefficient (Wildman–Crippen LogP) is 7.21. The Balaban J connectivity index is 1.76. The van der Waals surface area contributed by atoms with Gasteiger partial charge < -0.3 is 14.5 Å². The molecule has 2 atom stereocenters. The number of carbonyl (C=O) groups excluding carboxylic acids is 1. The Morgan fingerprint density at radius 2 is 1.73 bits per heavy atom. The van der Waals surface area contributed by atoms with Gasteiger partial charge in [-0.05, 0) is 84.2 Å². The Morgan fingerprint density at radius 1 is 1.07 bits per heavy atom. The van der Waals surface area contributed by atoms with Crippen molar-refractivity contribution in [1.29, 1.82) is 0 Å². The Morgan fingerprint density at radius 3 is 2.36 bits per heavy atom. The Labute approximate surface area is 268 Å². The van der Waals surface area contributed by atoms with Crippen LogP contribution in [0.3, 0.4) is 0 Å². The fourth-order valence-corrected chi connectivity index (χ4v) is 6.27. The van der Waals surface area contributed by atoms with Gasteiger partial charge in [-0.1, -0.05) is 37.1 Å². The van der Waals surface area contributed by atoms with Crippen molar-refractivity contribution in [1.82, 2.24) is 24.4 Å². The molecule has 0 unspecified atom stereocenters. The molecule has 1 fully saturated rings. The first-order valence-corrected chi connectivity index (χ1v) is 15.6. The lowest BCUT2D eigenvalue weighted by Gasteiger charge is -2.45. The van der Waals surface area contributed by atoms with Crippen molar-refractivity contribution in [3.63, 3.8) is 0 Å². The first-order chi connectivity index (χ1) is 21.1. The highest BCUT2D eigenvalue weighted by Gasteiger charge is 2.36. The lowest BCUT2D eigenvalue weighted by molar-refractivity contribution is 0.0192. The van der Waals surface area contributed by atoms with Gasteiger partial charge in [-0.3, -0.25) is 4.98 Å². The summed E-state index contributed by atoms with van der Waals surface area (Å²) < 4.78 is 22.3. The fraction of sp³-hybridized carbons (Fsp3) is 0.441. The number of nitrogens with zero attached hydrogens (tertiary/aromatic N) is 6. The van der Waals surface area contributed by atoms with Crippen LogP contribution in [0.2, 0.25) is 5.02 Å². The second-order valence-corrected chi connectivity index (χ2v) is 13.6. The number of hydrogen-bond acceptors (Lipinski definition) is 7. The van der Waals surface area contributed by atoms with Crippen LogP contribution in [0.5, 0.6) is 0 Å². The van der Waals surface area contributed by atoms with Gasteiger partial charge in [-0.25, -0.2) is 23.5 Å². The van der Waals surface area contributed by atoms with Crippen LogP contribution >= 0.6 is 11.6 Å². The van der Waals surface area contributed by atoms with E-state index in [2.05, 4.69) is 9.97 Å². The van der Waals surface area contributed by atoms with Gasteiger partial charge in [-0.2, -0.15) is 4.98 Å². The molecule has 0 bridgehead atoms. The zero-order valence-electron chi connectivity index (χ0n) is 27.3. The zero-order valence-corrected chi connectivity index (χ0v) is 28.0. The number of pyridine rings is 2. The molecule has 4 heterocycles. The summed E-state index contributed by atoms with van der Waals surface area (Å²) in [4.78, 5) is 45.0. The number of aromatic nitrogens is 4. The van der Waals surface area contributed by atoms with Crippen molar-refractivity contribution < 1.29 is 13.9 Å². The van der Waals surface area contributed by atoms with E-state index in [4.69, 9.17) is 21.3 Å². The van der Waals surface area contributed by atoms with Crippen LogP contribution in [0.4, 0.5) is 15.0 Å². The van der Waals surface area contributed by atoms with Crippen LogP contribution in [0.1, 0.15) is 71.2 Å². The Hall–Kier alpha value is -4.05. The largest absolute Gasteiger partial charge is 0.444 e. The first-order valence-electron chi connectivity index (χ1n) is 15.2. The number of halogens is 2. The van der Waals surface area contributed by atoms with E-state index >= 15 is 4.39 Å². The number of rotatable bonds is 4. The summed E-state index contributed by atoms with van der Waals surface area (Å²) in [5.41, 5.74) is 2.53. The molecule has 3 aromatic heterocycles. The first kappa shape index (κ1) is 32.3. The minimum atomic E-state index is -0.626. The summed E-state index contributed by atoms with van der Waals surface area (Å²) in [5.74, 6) is -0.0876. The minimum Gasteiger partial charge on any atom is -0.444 e. The molecule has 9 nitrogen and oxygen atoms in total. The normalized spacial score (nSPS) is 17.3. The number of carbonyl (C=O) groups is 1. The molecule has 0 aliphatic carbocycles. The number of aryl methyl sites for hydroxylation is 2. The number of fused-ring (bicyclic) bond motifs is 1. The number of hydrogen-bond donors (Lipinski definition) is 0. The van der Waals surface area contributed by atoms with E-state index in [9.17, 15) is 9.59 Å². The number of benzene rings is 1. The maximum Gasteiger partial charge on any atom is 0.410 e. The van der Waals surface area contributed by atoms with Gasteiger partial charge in [0.15, 0.2) is 5.65 Å². The highest BCUT2D eigenvalue weighted by atomic mass is 35.5. The third-order valence-corrected chi connectivity index (χ3v) is 8.21. The van der Waals surface area contributed by atoms with Gasteiger partial charge in [0.25, 0.3) is 0 Å². The average molecular weight is 635 g/mol. The van der Waals surface area contributed by atoms with Crippen LogP contribution < -0.4 is 10.6 Å². The maximum absolute atomic E-state index is 15.2. The molecule has 4 aromatic rings. The van der Waals surface area contributed by atoms with E-state index < -0.39 is 23.2 Å². The van der Waals surface area contributed by atoms with Crippen LogP contribution in [-0.4, -0.2) is 61.3 Å². The standard InChI is InChI=1S/C34H40ClFN6O3/c1-18(2)27-29(20(4)12-13-37-27)42-30-24(15-25(35)28(38-30)23-14-19(3)10-11-26(23)36)31(39-32(42)43)41-21(5)16-40(17-22(41)6)33(44)45-34(7,8)9/h10-15,18,21-22H,16-17H2,1-9H3/t21-,22+. The summed E-state index contributed by atoms with van der Waals surface area (Å²) in [5, 5.41) is 0.749. The van der Waals surface area contributed by atoms with Crippen LogP contribution in [0.15, 0.2) is 41.3 Å². The molecule has 238 valence electrons.